The van der Waals surface area contributed by atoms with Gasteiger partial charge in [0, 0.05) is 17.6 Å². The Balaban J connectivity index is 2.11. The molecule has 0 spiro atoms. The molecule has 1 aliphatic rings. The summed E-state index contributed by atoms with van der Waals surface area (Å²) in [6, 6.07) is 9.30. The molecule has 0 amide bonds. The van der Waals surface area contributed by atoms with Crippen LogP contribution in [0.5, 0.6) is 0 Å². The van der Waals surface area contributed by atoms with Crippen LogP contribution in [0.15, 0.2) is 24.3 Å². The molecule has 2 heteroatoms. The molecular weight excluding hydrogens is 232 g/mol. The number of hydrogen-bond donors (Lipinski definition) is 1. The summed E-state index contributed by atoms with van der Waals surface area (Å²) in [4.78, 5) is 2.57. The fourth-order valence-electron chi connectivity index (χ4n) is 3.33. The normalized spacial score (nSPS) is 22.4. The van der Waals surface area contributed by atoms with E-state index in [9.17, 15) is 0 Å². The third kappa shape index (κ3) is 3.01. The van der Waals surface area contributed by atoms with Gasteiger partial charge >= 0.3 is 0 Å². The number of aryl methyl sites for hydroxylation is 1. The molecule has 0 aromatic heterocycles. The Labute approximate surface area is 118 Å². The van der Waals surface area contributed by atoms with Gasteiger partial charge in [-0.25, -0.2) is 0 Å². The van der Waals surface area contributed by atoms with Crippen LogP contribution in [-0.2, 0) is 6.42 Å². The summed E-state index contributed by atoms with van der Waals surface area (Å²) < 4.78 is 0. The zero-order valence-corrected chi connectivity index (χ0v) is 12.8. The Kier molecular flexibility index (Phi) is 4.32. The summed E-state index contributed by atoms with van der Waals surface area (Å²) in [5.74, 6) is 0. The zero-order chi connectivity index (χ0) is 14.0. The zero-order valence-electron chi connectivity index (χ0n) is 12.8. The number of hydrogen-bond acceptors (Lipinski definition) is 2. The molecule has 1 fully saturated rings. The van der Waals surface area contributed by atoms with Gasteiger partial charge in [0.2, 0.25) is 0 Å². The van der Waals surface area contributed by atoms with Crippen molar-refractivity contribution in [1.29, 1.82) is 0 Å². The Morgan fingerprint density at radius 2 is 1.89 bits per heavy atom. The van der Waals surface area contributed by atoms with Crippen molar-refractivity contribution in [3.05, 3.63) is 35.4 Å². The third-order valence-corrected chi connectivity index (χ3v) is 4.75. The SMILES string of the molecule is CCc1ccc(C(N)C(C)N2CCCC2(C)C)cc1. The molecule has 0 aliphatic carbocycles. The van der Waals surface area contributed by atoms with E-state index in [0.29, 0.717) is 11.6 Å². The lowest BCUT2D eigenvalue weighted by molar-refractivity contribution is 0.108. The maximum atomic E-state index is 6.49. The van der Waals surface area contributed by atoms with Crippen molar-refractivity contribution in [2.75, 3.05) is 6.54 Å². The lowest BCUT2D eigenvalue weighted by atomic mass is 9.95. The van der Waals surface area contributed by atoms with Gasteiger partial charge in [-0.1, -0.05) is 31.2 Å². The monoisotopic (exact) mass is 260 g/mol. The number of nitrogens with zero attached hydrogens (tertiary/aromatic N) is 1. The van der Waals surface area contributed by atoms with E-state index in [2.05, 4.69) is 56.9 Å². The highest BCUT2D eigenvalue weighted by atomic mass is 15.2. The molecule has 2 atom stereocenters. The van der Waals surface area contributed by atoms with Crippen LogP contribution in [-0.4, -0.2) is 23.0 Å². The highest BCUT2D eigenvalue weighted by Gasteiger charge is 2.37. The molecule has 106 valence electrons. The van der Waals surface area contributed by atoms with Gasteiger partial charge in [-0.15, -0.1) is 0 Å². The van der Waals surface area contributed by atoms with Gasteiger partial charge in [0.15, 0.2) is 0 Å². The standard InChI is InChI=1S/C17H28N2/c1-5-14-7-9-15(10-8-14)16(18)13(2)19-12-6-11-17(19,3)4/h7-10,13,16H,5-6,11-12,18H2,1-4H3. The van der Waals surface area contributed by atoms with Gasteiger partial charge in [0.05, 0.1) is 0 Å². The lowest BCUT2D eigenvalue weighted by Crippen LogP contribution is -2.48. The van der Waals surface area contributed by atoms with Crippen LogP contribution in [0.3, 0.4) is 0 Å². The van der Waals surface area contributed by atoms with E-state index < -0.39 is 0 Å². The van der Waals surface area contributed by atoms with Crippen LogP contribution in [0, 0.1) is 0 Å². The highest BCUT2D eigenvalue weighted by molar-refractivity contribution is 5.26. The van der Waals surface area contributed by atoms with Crippen molar-refractivity contribution in [2.45, 2.75) is 64.6 Å². The first kappa shape index (κ1) is 14.5. The van der Waals surface area contributed by atoms with Gasteiger partial charge in [-0.3, -0.25) is 4.90 Å². The molecule has 0 radical (unpaired) electrons. The predicted octanol–water partition coefficient (Wildman–Crippen LogP) is 3.51. The molecule has 2 unspecified atom stereocenters. The van der Waals surface area contributed by atoms with Crippen molar-refractivity contribution in [3.63, 3.8) is 0 Å². The van der Waals surface area contributed by atoms with Crippen molar-refractivity contribution in [2.24, 2.45) is 5.73 Å². The molecule has 1 aromatic carbocycles. The Hall–Kier alpha value is -0.860. The van der Waals surface area contributed by atoms with E-state index in [4.69, 9.17) is 5.73 Å². The molecule has 0 saturated carbocycles. The Morgan fingerprint density at radius 1 is 1.26 bits per heavy atom. The Morgan fingerprint density at radius 3 is 2.37 bits per heavy atom. The number of benzene rings is 1. The van der Waals surface area contributed by atoms with Crippen LogP contribution in [0.2, 0.25) is 0 Å². The van der Waals surface area contributed by atoms with Crippen LogP contribution >= 0.6 is 0 Å². The molecule has 1 aromatic rings. The largest absolute Gasteiger partial charge is 0.323 e. The molecule has 2 N–H and O–H groups in total. The molecule has 2 nitrogen and oxygen atoms in total. The second-order valence-electron chi connectivity index (χ2n) is 6.47. The average molecular weight is 260 g/mol. The van der Waals surface area contributed by atoms with Crippen LogP contribution < -0.4 is 5.73 Å². The van der Waals surface area contributed by atoms with Crippen LogP contribution in [0.4, 0.5) is 0 Å². The van der Waals surface area contributed by atoms with E-state index >= 15 is 0 Å². The van der Waals surface area contributed by atoms with E-state index in [1.807, 2.05) is 0 Å². The van der Waals surface area contributed by atoms with Crippen LogP contribution in [0.1, 0.15) is 57.7 Å². The number of rotatable bonds is 4. The first-order valence-electron chi connectivity index (χ1n) is 7.57. The topological polar surface area (TPSA) is 29.3 Å². The number of nitrogens with two attached hydrogens (primary N) is 1. The van der Waals surface area contributed by atoms with Crippen molar-refractivity contribution < 1.29 is 0 Å². The van der Waals surface area contributed by atoms with Gasteiger partial charge in [0.25, 0.3) is 0 Å². The fourth-order valence-corrected chi connectivity index (χ4v) is 3.33. The number of likely N-dealkylation sites (tertiary alicyclic amines) is 1. The minimum Gasteiger partial charge on any atom is -0.323 e. The van der Waals surface area contributed by atoms with E-state index in [1.54, 1.807) is 0 Å². The highest BCUT2D eigenvalue weighted by Crippen LogP contribution is 2.33. The lowest BCUT2D eigenvalue weighted by Gasteiger charge is -2.39. The summed E-state index contributed by atoms with van der Waals surface area (Å²) in [6.45, 7) is 10.3. The summed E-state index contributed by atoms with van der Waals surface area (Å²) in [5.41, 5.74) is 9.42. The summed E-state index contributed by atoms with van der Waals surface area (Å²) >= 11 is 0. The van der Waals surface area contributed by atoms with Gasteiger partial charge < -0.3 is 5.73 Å². The smallest absolute Gasteiger partial charge is 0.0450 e. The second kappa shape index (κ2) is 5.64. The average Bonchev–Trinajstić information content (AvgIpc) is 2.77. The molecule has 1 heterocycles. The molecule has 1 saturated heterocycles. The molecule has 19 heavy (non-hydrogen) atoms. The molecule has 0 bridgehead atoms. The fraction of sp³-hybridized carbons (Fsp3) is 0.647. The van der Waals surface area contributed by atoms with Crippen molar-refractivity contribution >= 4 is 0 Å². The minimum absolute atomic E-state index is 0.100. The van der Waals surface area contributed by atoms with Crippen molar-refractivity contribution in [1.82, 2.24) is 4.90 Å². The summed E-state index contributed by atoms with van der Waals surface area (Å²) in [6.07, 6.45) is 3.65. The molecule has 1 aliphatic heterocycles. The maximum absolute atomic E-state index is 6.49. The van der Waals surface area contributed by atoms with E-state index in [1.165, 1.54) is 30.5 Å². The van der Waals surface area contributed by atoms with E-state index in [0.717, 1.165) is 6.42 Å². The van der Waals surface area contributed by atoms with Crippen LogP contribution in [0.25, 0.3) is 0 Å². The second-order valence-corrected chi connectivity index (χ2v) is 6.47. The molecular formula is C17H28N2. The summed E-state index contributed by atoms with van der Waals surface area (Å²) in [7, 11) is 0. The van der Waals surface area contributed by atoms with Gasteiger partial charge in [-0.2, -0.15) is 0 Å². The molecule has 2 rings (SSSR count). The summed E-state index contributed by atoms with van der Waals surface area (Å²) in [5, 5.41) is 0. The minimum atomic E-state index is 0.100. The van der Waals surface area contributed by atoms with Crippen molar-refractivity contribution in [3.8, 4) is 0 Å². The van der Waals surface area contributed by atoms with Gasteiger partial charge in [-0.05, 0) is 57.7 Å². The predicted molar refractivity (Wildman–Crippen MR) is 82.2 cm³/mol. The third-order valence-electron chi connectivity index (χ3n) is 4.75. The quantitative estimate of drug-likeness (QED) is 0.897. The first-order chi connectivity index (χ1) is 8.95. The van der Waals surface area contributed by atoms with E-state index in [-0.39, 0.29) is 6.04 Å². The first-order valence-corrected chi connectivity index (χ1v) is 7.57. The van der Waals surface area contributed by atoms with Gasteiger partial charge in [0.1, 0.15) is 0 Å². The Bertz CT molecular complexity index is 408. The maximum Gasteiger partial charge on any atom is 0.0450 e.